The van der Waals surface area contributed by atoms with E-state index in [0.29, 0.717) is 22.5 Å². The number of unbranched alkanes of at least 4 members (excludes halogenated alkanes) is 1. The summed E-state index contributed by atoms with van der Waals surface area (Å²) in [6, 6.07) is 13.5. The minimum atomic E-state index is -0.575. The molecule has 2 rings (SSSR count). The third kappa shape index (κ3) is 6.12. The Kier molecular flexibility index (Phi) is 8.02. The first kappa shape index (κ1) is 21.0. The van der Waals surface area contributed by atoms with Gasteiger partial charge < -0.3 is 20.7 Å². The Bertz CT molecular complexity index is 836. The first-order valence-corrected chi connectivity index (χ1v) is 9.17. The highest BCUT2D eigenvalue weighted by atomic mass is 16.5. The lowest BCUT2D eigenvalue weighted by Crippen LogP contribution is -2.22. The summed E-state index contributed by atoms with van der Waals surface area (Å²) in [7, 11) is 1.53. The molecule has 2 amide bonds. The molecule has 0 fully saturated rings. The van der Waals surface area contributed by atoms with Gasteiger partial charge in [0.15, 0.2) is 6.61 Å². The number of carbonyl (C=O) groups excluding carboxylic acids is 3. The first-order chi connectivity index (χ1) is 13.5. The Morgan fingerprint density at radius 1 is 1.04 bits per heavy atom. The lowest BCUT2D eigenvalue weighted by atomic mass is 10.1. The molecule has 2 aromatic rings. The zero-order valence-corrected chi connectivity index (χ0v) is 16.1. The summed E-state index contributed by atoms with van der Waals surface area (Å²) in [5, 5.41) is 8.34. The molecular weight excluding hydrogens is 358 g/mol. The van der Waals surface area contributed by atoms with Gasteiger partial charge in [0.1, 0.15) is 0 Å². The van der Waals surface area contributed by atoms with Crippen molar-refractivity contribution in [2.45, 2.75) is 19.8 Å². The fourth-order valence-corrected chi connectivity index (χ4v) is 2.50. The Balaban J connectivity index is 1.93. The quantitative estimate of drug-likeness (QED) is 0.457. The van der Waals surface area contributed by atoms with E-state index in [1.54, 1.807) is 42.5 Å². The van der Waals surface area contributed by atoms with Crippen molar-refractivity contribution in [2.75, 3.05) is 30.8 Å². The Morgan fingerprint density at radius 3 is 2.57 bits per heavy atom. The highest BCUT2D eigenvalue weighted by Gasteiger charge is 2.14. The molecule has 0 heterocycles. The van der Waals surface area contributed by atoms with Gasteiger partial charge in [-0.05, 0) is 36.8 Å². The summed E-state index contributed by atoms with van der Waals surface area (Å²) < 4.78 is 5.14. The van der Waals surface area contributed by atoms with Crippen LogP contribution in [0.5, 0.6) is 0 Å². The van der Waals surface area contributed by atoms with Gasteiger partial charge in [-0.15, -0.1) is 0 Å². The van der Waals surface area contributed by atoms with E-state index >= 15 is 0 Å². The van der Waals surface area contributed by atoms with Crippen molar-refractivity contribution in [3.63, 3.8) is 0 Å². The van der Waals surface area contributed by atoms with E-state index in [4.69, 9.17) is 4.74 Å². The first-order valence-electron chi connectivity index (χ1n) is 9.17. The lowest BCUT2D eigenvalue weighted by molar-refractivity contribution is -0.119. The molecule has 0 bridgehead atoms. The number of carbonyl (C=O) groups is 3. The molecule has 7 nitrogen and oxygen atoms in total. The Morgan fingerprint density at radius 2 is 1.82 bits per heavy atom. The number of hydrogen-bond donors (Lipinski definition) is 3. The van der Waals surface area contributed by atoms with Crippen LogP contribution in [0, 0.1) is 0 Å². The number of ether oxygens (including phenoxy) is 1. The fraction of sp³-hybridized carbons (Fsp3) is 0.286. The van der Waals surface area contributed by atoms with Crippen LogP contribution in [0.1, 0.15) is 40.5 Å². The summed E-state index contributed by atoms with van der Waals surface area (Å²) in [6.07, 6.45) is 2.03. The van der Waals surface area contributed by atoms with Crippen LogP contribution >= 0.6 is 0 Å². The molecular formula is C21H25N3O4. The molecule has 0 atom stereocenters. The summed E-state index contributed by atoms with van der Waals surface area (Å²) in [4.78, 5) is 36.1. The summed E-state index contributed by atoms with van der Waals surface area (Å²) >= 11 is 0. The van der Waals surface area contributed by atoms with E-state index in [1.165, 1.54) is 7.05 Å². The molecule has 0 saturated carbocycles. The van der Waals surface area contributed by atoms with Gasteiger partial charge in [0.05, 0.1) is 5.56 Å². The predicted octanol–water partition coefficient (Wildman–Crippen LogP) is 3.05. The van der Waals surface area contributed by atoms with Crippen molar-refractivity contribution in [1.82, 2.24) is 5.32 Å². The maximum Gasteiger partial charge on any atom is 0.340 e. The SMILES string of the molecule is CCCCNc1ccccc1C(=O)OCC(=O)Nc1cccc(C(=O)NC)c1. The van der Waals surface area contributed by atoms with Crippen LogP contribution in [0.3, 0.4) is 0 Å². The highest BCUT2D eigenvalue weighted by molar-refractivity contribution is 5.99. The zero-order valence-electron chi connectivity index (χ0n) is 16.1. The molecule has 0 aromatic heterocycles. The molecule has 148 valence electrons. The smallest absolute Gasteiger partial charge is 0.340 e. The average molecular weight is 383 g/mol. The maximum atomic E-state index is 12.3. The number of anilines is 2. The third-order valence-electron chi connectivity index (χ3n) is 3.96. The molecule has 2 aromatic carbocycles. The van der Waals surface area contributed by atoms with Crippen molar-refractivity contribution in [3.05, 3.63) is 59.7 Å². The van der Waals surface area contributed by atoms with Crippen LogP contribution in [-0.4, -0.2) is 38.0 Å². The maximum absolute atomic E-state index is 12.3. The summed E-state index contributed by atoms with van der Waals surface area (Å²) in [5.41, 5.74) is 1.93. The van der Waals surface area contributed by atoms with Crippen molar-refractivity contribution in [2.24, 2.45) is 0 Å². The van der Waals surface area contributed by atoms with Crippen LogP contribution < -0.4 is 16.0 Å². The molecule has 3 N–H and O–H groups in total. The number of hydrogen-bond acceptors (Lipinski definition) is 5. The van der Waals surface area contributed by atoms with Gasteiger partial charge >= 0.3 is 5.97 Å². The van der Waals surface area contributed by atoms with E-state index in [0.717, 1.165) is 19.4 Å². The molecule has 0 unspecified atom stereocenters. The van der Waals surface area contributed by atoms with Crippen LogP contribution in [0.4, 0.5) is 11.4 Å². The van der Waals surface area contributed by atoms with Gasteiger partial charge in [0, 0.05) is 30.5 Å². The van der Waals surface area contributed by atoms with Gasteiger partial charge in [-0.2, -0.15) is 0 Å². The van der Waals surface area contributed by atoms with E-state index in [2.05, 4.69) is 22.9 Å². The highest BCUT2D eigenvalue weighted by Crippen LogP contribution is 2.16. The minimum absolute atomic E-state index is 0.255. The molecule has 7 heteroatoms. The fourth-order valence-electron chi connectivity index (χ4n) is 2.50. The van der Waals surface area contributed by atoms with Crippen LogP contribution in [0.15, 0.2) is 48.5 Å². The number of para-hydroxylation sites is 1. The van der Waals surface area contributed by atoms with E-state index in [1.807, 2.05) is 6.07 Å². The molecule has 0 radical (unpaired) electrons. The number of rotatable bonds is 9. The van der Waals surface area contributed by atoms with Crippen molar-refractivity contribution >= 4 is 29.2 Å². The van der Waals surface area contributed by atoms with Gasteiger partial charge in [-0.3, -0.25) is 9.59 Å². The van der Waals surface area contributed by atoms with E-state index < -0.39 is 18.5 Å². The zero-order chi connectivity index (χ0) is 20.4. The standard InChI is InChI=1S/C21H25N3O4/c1-3-4-12-23-18-11-6-5-10-17(18)21(27)28-14-19(25)24-16-9-7-8-15(13-16)20(26)22-2/h5-11,13,23H,3-4,12,14H2,1-2H3,(H,22,26)(H,24,25). The van der Waals surface area contributed by atoms with E-state index in [9.17, 15) is 14.4 Å². The number of esters is 1. The Labute approximate surface area is 164 Å². The predicted molar refractivity (Wildman–Crippen MR) is 109 cm³/mol. The van der Waals surface area contributed by atoms with Crippen LogP contribution in [-0.2, 0) is 9.53 Å². The summed E-state index contributed by atoms with van der Waals surface area (Å²) in [5.74, 6) is -1.32. The third-order valence-corrected chi connectivity index (χ3v) is 3.96. The molecule has 0 aliphatic heterocycles. The molecule has 28 heavy (non-hydrogen) atoms. The average Bonchev–Trinajstić information content (AvgIpc) is 2.72. The second kappa shape index (κ2) is 10.7. The van der Waals surface area contributed by atoms with Crippen molar-refractivity contribution < 1.29 is 19.1 Å². The number of amides is 2. The summed E-state index contributed by atoms with van der Waals surface area (Å²) in [6.45, 7) is 2.42. The molecule has 0 spiro atoms. The number of benzene rings is 2. The van der Waals surface area contributed by atoms with Gasteiger partial charge in [0.25, 0.3) is 11.8 Å². The van der Waals surface area contributed by atoms with E-state index in [-0.39, 0.29) is 5.91 Å². The molecule has 0 aliphatic carbocycles. The van der Waals surface area contributed by atoms with Gasteiger partial charge in [-0.25, -0.2) is 4.79 Å². The minimum Gasteiger partial charge on any atom is -0.452 e. The molecule has 0 saturated heterocycles. The van der Waals surface area contributed by atoms with Crippen LogP contribution in [0.2, 0.25) is 0 Å². The lowest BCUT2D eigenvalue weighted by Gasteiger charge is -2.12. The Hall–Kier alpha value is -3.35. The monoisotopic (exact) mass is 383 g/mol. The number of nitrogens with one attached hydrogen (secondary N) is 3. The topological polar surface area (TPSA) is 96.5 Å². The van der Waals surface area contributed by atoms with Crippen molar-refractivity contribution in [3.8, 4) is 0 Å². The second-order valence-electron chi connectivity index (χ2n) is 6.11. The van der Waals surface area contributed by atoms with Gasteiger partial charge in [0.2, 0.25) is 0 Å². The normalized spacial score (nSPS) is 10.1. The second-order valence-corrected chi connectivity index (χ2v) is 6.11. The van der Waals surface area contributed by atoms with Crippen LogP contribution in [0.25, 0.3) is 0 Å². The largest absolute Gasteiger partial charge is 0.452 e. The van der Waals surface area contributed by atoms with Crippen molar-refractivity contribution in [1.29, 1.82) is 0 Å². The molecule has 0 aliphatic rings. The van der Waals surface area contributed by atoms with Gasteiger partial charge in [-0.1, -0.05) is 31.5 Å².